The lowest BCUT2D eigenvalue weighted by Crippen LogP contribution is -2.37. The van der Waals surface area contributed by atoms with Crippen molar-refractivity contribution in [2.75, 3.05) is 6.61 Å². The number of carbonyl (C=O) groups is 1. The maximum atomic E-state index is 13.7. The molecule has 24 heavy (non-hydrogen) atoms. The Morgan fingerprint density at radius 2 is 2.12 bits per heavy atom. The molecule has 126 valence electrons. The van der Waals surface area contributed by atoms with Crippen molar-refractivity contribution < 1.29 is 18.7 Å². The number of amides is 1. The van der Waals surface area contributed by atoms with Gasteiger partial charge in [-0.3, -0.25) is 0 Å². The first-order valence-electron chi connectivity index (χ1n) is 7.47. The standard InChI is InChI=1S/C18H17ClFNO3/c1-18(2)9-23-14-8-10(11-4-3-5-13(20)15(11)19)6-7-12(14)16(18)24-17(21)22/h3-8,16H,9H2,1-2H3,(H2,21,22). The summed E-state index contributed by atoms with van der Waals surface area (Å²) >= 11 is 6.05. The molecule has 0 aromatic heterocycles. The molecule has 0 fully saturated rings. The predicted molar refractivity (Wildman–Crippen MR) is 89.5 cm³/mol. The molecule has 2 aromatic carbocycles. The van der Waals surface area contributed by atoms with Crippen LogP contribution in [0.4, 0.5) is 9.18 Å². The first kappa shape index (κ1) is 16.6. The summed E-state index contributed by atoms with van der Waals surface area (Å²) in [5.74, 6) is 0.0854. The van der Waals surface area contributed by atoms with Gasteiger partial charge in [0.2, 0.25) is 0 Å². The van der Waals surface area contributed by atoms with Gasteiger partial charge in [0.25, 0.3) is 0 Å². The van der Waals surface area contributed by atoms with E-state index >= 15 is 0 Å². The molecule has 0 spiro atoms. The van der Waals surface area contributed by atoms with Crippen LogP contribution in [-0.2, 0) is 4.74 Å². The summed E-state index contributed by atoms with van der Waals surface area (Å²) in [5, 5.41) is 0.0542. The molecule has 4 nitrogen and oxygen atoms in total. The molecule has 1 heterocycles. The van der Waals surface area contributed by atoms with E-state index in [0.717, 1.165) is 11.1 Å². The van der Waals surface area contributed by atoms with Crippen LogP contribution >= 0.6 is 11.6 Å². The zero-order valence-corrected chi connectivity index (χ0v) is 14.1. The molecule has 0 saturated carbocycles. The summed E-state index contributed by atoms with van der Waals surface area (Å²) in [7, 11) is 0. The SMILES string of the molecule is CC1(C)COc2cc(-c3cccc(F)c3Cl)ccc2C1OC(N)=O. The molecular weight excluding hydrogens is 333 g/mol. The van der Waals surface area contributed by atoms with Crippen LogP contribution in [0.3, 0.4) is 0 Å². The maximum Gasteiger partial charge on any atom is 0.405 e. The minimum atomic E-state index is -0.835. The number of halogens is 2. The van der Waals surface area contributed by atoms with Gasteiger partial charge >= 0.3 is 6.09 Å². The highest BCUT2D eigenvalue weighted by atomic mass is 35.5. The number of hydrogen-bond donors (Lipinski definition) is 1. The van der Waals surface area contributed by atoms with Gasteiger partial charge in [0.15, 0.2) is 0 Å². The van der Waals surface area contributed by atoms with Gasteiger partial charge in [-0.05, 0) is 17.7 Å². The van der Waals surface area contributed by atoms with Gasteiger partial charge in [0, 0.05) is 16.5 Å². The molecule has 1 aliphatic rings. The second-order valence-electron chi connectivity index (χ2n) is 6.45. The van der Waals surface area contributed by atoms with Crippen molar-refractivity contribution in [2.45, 2.75) is 20.0 Å². The fraction of sp³-hybridized carbons (Fsp3) is 0.278. The van der Waals surface area contributed by atoms with E-state index < -0.39 is 23.4 Å². The third-order valence-corrected chi connectivity index (χ3v) is 4.49. The first-order chi connectivity index (χ1) is 11.3. The molecule has 2 N–H and O–H groups in total. The Morgan fingerprint density at radius 3 is 2.83 bits per heavy atom. The topological polar surface area (TPSA) is 61.6 Å². The number of primary amides is 1. The molecular formula is C18H17ClFNO3. The molecule has 0 aliphatic carbocycles. The van der Waals surface area contributed by atoms with Gasteiger partial charge in [-0.2, -0.15) is 0 Å². The van der Waals surface area contributed by atoms with Crippen LogP contribution in [0.15, 0.2) is 36.4 Å². The summed E-state index contributed by atoms with van der Waals surface area (Å²) in [5.41, 5.74) is 6.79. The second-order valence-corrected chi connectivity index (χ2v) is 6.83. The van der Waals surface area contributed by atoms with Crippen LogP contribution in [0.5, 0.6) is 5.75 Å². The van der Waals surface area contributed by atoms with E-state index in [1.807, 2.05) is 13.8 Å². The van der Waals surface area contributed by atoms with Crippen LogP contribution in [0.1, 0.15) is 25.5 Å². The summed E-state index contributed by atoms with van der Waals surface area (Å²) in [6.45, 7) is 4.22. The highest BCUT2D eigenvalue weighted by Crippen LogP contribution is 2.46. The van der Waals surface area contributed by atoms with E-state index in [9.17, 15) is 9.18 Å². The number of carbonyl (C=O) groups excluding carboxylic acids is 1. The van der Waals surface area contributed by atoms with Crippen LogP contribution in [-0.4, -0.2) is 12.7 Å². The molecule has 1 aliphatic heterocycles. The largest absolute Gasteiger partial charge is 0.492 e. The van der Waals surface area contributed by atoms with E-state index in [0.29, 0.717) is 17.9 Å². The summed E-state index contributed by atoms with van der Waals surface area (Å²) < 4.78 is 24.8. The average molecular weight is 350 g/mol. The monoisotopic (exact) mass is 349 g/mol. The van der Waals surface area contributed by atoms with Crippen molar-refractivity contribution in [3.63, 3.8) is 0 Å². The Labute approximate surface area is 144 Å². The first-order valence-corrected chi connectivity index (χ1v) is 7.84. The summed E-state index contributed by atoms with van der Waals surface area (Å²) in [6, 6.07) is 9.99. The van der Waals surface area contributed by atoms with Crippen LogP contribution in [0, 0.1) is 11.2 Å². The van der Waals surface area contributed by atoms with Crippen molar-refractivity contribution in [2.24, 2.45) is 11.1 Å². The van der Waals surface area contributed by atoms with Crippen LogP contribution in [0.25, 0.3) is 11.1 Å². The highest BCUT2D eigenvalue weighted by molar-refractivity contribution is 6.33. The fourth-order valence-electron chi connectivity index (χ4n) is 2.87. The van der Waals surface area contributed by atoms with Crippen molar-refractivity contribution >= 4 is 17.7 Å². The smallest absolute Gasteiger partial charge is 0.405 e. The van der Waals surface area contributed by atoms with E-state index in [2.05, 4.69) is 0 Å². The second kappa shape index (κ2) is 5.98. The van der Waals surface area contributed by atoms with Gasteiger partial charge in [-0.25, -0.2) is 9.18 Å². The van der Waals surface area contributed by atoms with Gasteiger partial charge in [0.05, 0.1) is 11.6 Å². The molecule has 3 rings (SSSR count). The molecule has 0 radical (unpaired) electrons. The zero-order chi connectivity index (χ0) is 17.5. The number of rotatable bonds is 2. The third-order valence-electron chi connectivity index (χ3n) is 4.10. The minimum Gasteiger partial charge on any atom is -0.492 e. The van der Waals surface area contributed by atoms with Crippen LogP contribution < -0.4 is 10.5 Å². The number of benzene rings is 2. The lowest BCUT2D eigenvalue weighted by Gasteiger charge is -2.38. The Bertz CT molecular complexity index is 807. The number of hydrogen-bond acceptors (Lipinski definition) is 3. The van der Waals surface area contributed by atoms with Crippen molar-refractivity contribution in [3.05, 3.63) is 52.8 Å². The third kappa shape index (κ3) is 2.91. The Balaban J connectivity index is 2.06. The van der Waals surface area contributed by atoms with Gasteiger partial charge in [-0.15, -0.1) is 0 Å². The van der Waals surface area contributed by atoms with E-state index in [1.165, 1.54) is 6.07 Å². The quantitative estimate of drug-likeness (QED) is 0.854. The van der Waals surface area contributed by atoms with Crippen molar-refractivity contribution in [3.8, 4) is 16.9 Å². The number of nitrogens with two attached hydrogens (primary N) is 1. The lowest BCUT2D eigenvalue weighted by molar-refractivity contribution is -0.0176. The molecule has 2 aromatic rings. The molecule has 1 atom stereocenters. The van der Waals surface area contributed by atoms with Crippen molar-refractivity contribution in [1.29, 1.82) is 0 Å². The van der Waals surface area contributed by atoms with E-state index in [-0.39, 0.29) is 5.02 Å². The minimum absolute atomic E-state index is 0.0542. The number of fused-ring (bicyclic) bond motifs is 1. The Hall–Kier alpha value is -2.27. The van der Waals surface area contributed by atoms with E-state index in [1.54, 1.807) is 30.3 Å². The summed E-state index contributed by atoms with van der Waals surface area (Å²) in [4.78, 5) is 11.2. The normalized spacial score (nSPS) is 18.4. The maximum absolute atomic E-state index is 13.7. The Kier molecular flexibility index (Phi) is 4.13. The molecule has 1 amide bonds. The summed E-state index contributed by atoms with van der Waals surface area (Å²) in [6.07, 6.45) is -1.35. The predicted octanol–water partition coefficient (Wildman–Crippen LogP) is 4.70. The molecule has 1 unspecified atom stereocenters. The van der Waals surface area contributed by atoms with Crippen molar-refractivity contribution in [1.82, 2.24) is 0 Å². The zero-order valence-electron chi connectivity index (χ0n) is 13.3. The van der Waals surface area contributed by atoms with Gasteiger partial charge in [0.1, 0.15) is 17.7 Å². The number of ether oxygens (including phenoxy) is 2. The van der Waals surface area contributed by atoms with Gasteiger partial charge in [-0.1, -0.05) is 49.7 Å². The molecule has 0 saturated heterocycles. The fourth-order valence-corrected chi connectivity index (χ4v) is 3.10. The average Bonchev–Trinajstić information content (AvgIpc) is 2.52. The van der Waals surface area contributed by atoms with Gasteiger partial charge < -0.3 is 15.2 Å². The molecule has 0 bridgehead atoms. The lowest BCUT2D eigenvalue weighted by atomic mass is 9.80. The Morgan fingerprint density at radius 1 is 1.38 bits per heavy atom. The van der Waals surface area contributed by atoms with E-state index in [4.69, 9.17) is 26.8 Å². The molecule has 6 heteroatoms. The van der Waals surface area contributed by atoms with Crippen LogP contribution in [0.2, 0.25) is 5.02 Å². The highest BCUT2D eigenvalue weighted by Gasteiger charge is 2.40.